The summed E-state index contributed by atoms with van der Waals surface area (Å²) < 4.78 is 0. The number of aromatic nitrogens is 1. The average Bonchev–Trinajstić information content (AvgIpc) is 2.71. The minimum absolute atomic E-state index is 0.0587. The number of rotatable bonds is 6. The van der Waals surface area contributed by atoms with Crippen molar-refractivity contribution < 1.29 is 9.90 Å². The number of aliphatic hydroxyl groups excluding tert-OH is 1. The van der Waals surface area contributed by atoms with Crippen molar-refractivity contribution >= 4 is 28.2 Å². The molecule has 0 fully saturated rings. The van der Waals surface area contributed by atoms with Crippen LogP contribution in [0.5, 0.6) is 0 Å². The van der Waals surface area contributed by atoms with Gasteiger partial charge in [0.1, 0.15) is 10.7 Å². The monoisotopic (exact) mass is 286 g/mol. The molecule has 0 bridgehead atoms. The van der Waals surface area contributed by atoms with Crippen LogP contribution >= 0.6 is 11.3 Å². The lowest BCUT2D eigenvalue weighted by Crippen LogP contribution is -2.38. The summed E-state index contributed by atoms with van der Waals surface area (Å²) >= 11 is 1.29. The lowest BCUT2D eigenvalue weighted by atomic mass is 10.2. The molecule has 1 rings (SSSR count). The first-order chi connectivity index (χ1) is 8.88. The molecule has 0 saturated heterocycles. The molecule has 0 aliphatic rings. The van der Waals surface area contributed by atoms with Crippen molar-refractivity contribution in [3.05, 3.63) is 4.88 Å². The number of nitrogens with zero attached hydrogens (tertiary/aromatic N) is 3. The molecule has 0 spiro atoms. The van der Waals surface area contributed by atoms with Crippen LogP contribution in [0.2, 0.25) is 0 Å². The van der Waals surface area contributed by atoms with E-state index in [0.717, 1.165) is 0 Å². The zero-order valence-electron chi connectivity index (χ0n) is 11.9. The highest BCUT2D eigenvalue weighted by atomic mass is 32.1. The van der Waals surface area contributed by atoms with Gasteiger partial charge in [-0.25, -0.2) is 4.98 Å². The van der Waals surface area contributed by atoms with Gasteiger partial charge in [-0.15, -0.1) is 0 Å². The summed E-state index contributed by atoms with van der Waals surface area (Å²) in [6, 6.07) is 0.0587. The molecule has 0 radical (unpaired) electrons. The number of nitrogens with two attached hydrogens (primary N) is 1. The van der Waals surface area contributed by atoms with E-state index < -0.39 is 0 Å². The Kier molecular flexibility index (Phi) is 5.56. The second kappa shape index (κ2) is 6.72. The van der Waals surface area contributed by atoms with Crippen molar-refractivity contribution in [1.82, 2.24) is 9.88 Å². The number of aliphatic hydroxyl groups is 1. The Hall–Kier alpha value is -1.34. The fourth-order valence-electron chi connectivity index (χ4n) is 1.63. The maximum absolute atomic E-state index is 12.5. The third-order valence-electron chi connectivity index (χ3n) is 2.66. The lowest BCUT2D eigenvalue weighted by molar-refractivity contribution is 0.0699. The number of hydrogen-bond acceptors (Lipinski definition) is 6. The van der Waals surface area contributed by atoms with Gasteiger partial charge < -0.3 is 20.6 Å². The second-order valence-corrected chi connectivity index (χ2v) is 5.75. The van der Waals surface area contributed by atoms with Crippen LogP contribution < -0.4 is 10.6 Å². The van der Waals surface area contributed by atoms with Crippen molar-refractivity contribution in [2.45, 2.75) is 26.3 Å². The van der Waals surface area contributed by atoms with E-state index in [4.69, 9.17) is 10.8 Å². The van der Waals surface area contributed by atoms with Gasteiger partial charge in [-0.3, -0.25) is 4.79 Å². The van der Waals surface area contributed by atoms with Crippen LogP contribution in [0.3, 0.4) is 0 Å². The highest BCUT2D eigenvalue weighted by molar-refractivity contribution is 7.18. The van der Waals surface area contributed by atoms with E-state index in [1.54, 1.807) is 4.90 Å². The molecule has 1 aromatic rings. The molecule has 0 aliphatic carbocycles. The number of thiazole rings is 1. The summed E-state index contributed by atoms with van der Waals surface area (Å²) in [6.07, 6.45) is 0.559. The Morgan fingerprint density at radius 3 is 2.53 bits per heavy atom. The number of amides is 1. The van der Waals surface area contributed by atoms with Crippen molar-refractivity contribution in [1.29, 1.82) is 0 Å². The zero-order valence-corrected chi connectivity index (χ0v) is 12.7. The molecule has 6 nitrogen and oxygen atoms in total. The summed E-state index contributed by atoms with van der Waals surface area (Å²) in [5, 5.41) is 9.62. The zero-order chi connectivity index (χ0) is 14.6. The topological polar surface area (TPSA) is 82.7 Å². The average molecular weight is 286 g/mol. The van der Waals surface area contributed by atoms with Crippen molar-refractivity contribution in [3.63, 3.8) is 0 Å². The van der Waals surface area contributed by atoms with Crippen LogP contribution in [0, 0.1) is 0 Å². The Bertz CT molecular complexity index is 431. The molecule has 3 N–H and O–H groups in total. The molecule has 0 unspecified atom stereocenters. The molecular formula is C12H22N4O2S. The fourth-order valence-corrected chi connectivity index (χ4v) is 2.49. The fraction of sp³-hybridized carbons (Fsp3) is 0.667. The van der Waals surface area contributed by atoms with Gasteiger partial charge in [-0.2, -0.15) is 0 Å². The van der Waals surface area contributed by atoms with Crippen LogP contribution in [0.25, 0.3) is 0 Å². The molecule has 0 atom stereocenters. The summed E-state index contributed by atoms with van der Waals surface area (Å²) in [7, 11) is 3.72. The van der Waals surface area contributed by atoms with Crippen molar-refractivity contribution in [3.8, 4) is 0 Å². The van der Waals surface area contributed by atoms with Gasteiger partial charge in [0, 0.05) is 33.3 Å². The van der Waals surface area contributed by atoms with Crippen molar-refractivity contribution in [2.75, 3.05) is 37.9 Å². The maximum atomic E-state index is 12.5. The van der Waals surface area contributed by atoms with Crippen LogP contribution in [0.15, 0.2) is 0 Å². The van der Waals surface area contributed by atoms with Gasteiger partial charge in [0.05, 0.1) is 0 Å². The van der Waals surface area contributed by atoms with E-state index in [1.165, 1.54) is 11.3 Å². The molecular weight excluding hydrogens is 264 g/mol. The van der Waals surface area contributed by atoms with Crippen LogP contribution in [-0.2, 0) is 0 Å². The van der Waals surface area contributed by atoms with Gasteiger partial charge >= 0.3 is 0 Å². The number of carbonyl (C=O) groups excluding carboxylic acids is 1. The number of hydrogen-bond donors (Lipinski definition) is 2. The predicted molar refractivity (Wildman–Crippen MR) is 78.7 cm³/mol. The Morgan fingerprint density at radius 2 is 2.11 bits per heavy atom. The standard InChI is InChI=1S/C12H22N4O2S/c1-8(2)16(6-5-7-17)11(18)9-10(13)14-12(19-9)15(3)4/h8,17H,5-7,13H2,1-4H3. The Balaban J connectivity index is 2.96. The van der Waals surface area contributed by atoms with Crippen LogP contribution in [-0.4, -0.2) is 54.2 Å². The predicted octanol–water partition coefficient (Wildman–Crippen LogP) is 1.02. The number of anilines is 2. The van der Waals surface area contributed by atoms with Gasteiger partial charge in [-0.1, -0.05) is 11.3 Å². The minimum Gasteiger partial charge on any atom is -0.396 e. The molecule has 0 aliphatic heterocycles. The molecule has 0 saturated carbocycles. The quantitative estimate of drug-likeness (QED) is 0.816. The van der Waals surface area contributed by atoms with Crippen LogP contribution in [0.4, 0.5) is 10.9 Å². The molecule has 1 heterocycles. The molecule has 1 aromatic heterocycles. The molecule has 1 amide bonds. The molecule has 7 heteroatoms. The van der Waals surface area contributed by atoms with E-state index in [1.807, 2.05) is 32.8 Å². The summed E-state index contributed by atoms with van der Waals surface area (Å²) in [6.45, 7) is 4.47. The molecule has 108 valence electrons. The third kappa shape index (κ3) is 3.81. The Labute approximate surface area is 117 Å². The van der Waals surface area contributed by atoms with Crippen molar-refractivity contribution in [2.24, 2.45) is 0 Å². The smallest absolute Gasteiger partial charge is 0.268 e. The number of nitrogen functional groups attached to an aromatic ring is 1. The van der Waals surface area contributed by atoms with Crippen LogP contribution in [0.1, 0.15) is 29.9 Å². The minimum atomic E-state index is -0.119. The molecule has 0 aromatic carbocycles. The first-order valence-corrected chi connectivity index (χ1v) is 7.05. The van der Waals surface area contributed by atoms with E-state index in [-0.39, 0.29) is 24.4 Å². The van der Waals surface area contributed by atoms with E-state index in [9.17, 15) is 4.79 Å². The second-order valence-electron chi connectivity index (χ2n) is 4.77. The summed E-state index contributed by atoms with van der Waals surface area (Å²) in [5.74, 6) is 0.153. The first kappa shape index (κ1) is 15.7. The highest BCUT2D eigenvalue weighted by Gasteiger charge is 2.24. The maximum Gasteiger partial charge on any atom is 0.268 e. The highest BCUT2D eigenvalue weighted by Crippen LogP contribution is 2.28. The normalized spacial score (nSPS) is 10.8. The van der Waals surface area contributed by atoms with E-state index >= 15 is 0 Å². The van der Waals surface area contributed by atoms with Gasteiger partial charge in [0.15, 0.2) is 5.13 Å². The van der Waals surface area contributed by atoms with Gasteiger partial charge in [0.25, 0.3) is 5.91 Å². The Morgan fingerprint density at radius 1 is 1.47 bits per heavy atom. The first-order valence-electron chi connectivity index (χ1n) is 6.24. The van der Waals surface area contributed by atoms with Gasteiger partial charge in [0.2, 0.25) is 0 Å². The molecule has 19 heavy (non-hydrogen) atoms. The van der Waals surface area contributed by atoms with E-state index in [0.29, 0.717) is 23.0 Å². The summed E-state index contributed by atoms with van der Waals surface area (Å²) in [5.41, 5.74) is 5.82. The largest absolute Gasteiger partial charge is 0.396 e. The van der Waals surface area contributed by atoms with Gasteiger partial charge in [-0.05, 0) is 20.3 Å². The summed E-state index contributed by atoms with van der Waals surface area (Å²) in [4.78, 5) is 20.6. The van der Waals surface area contributed by atoms with E-state index in [2.05, 4.69) is 4.98 Å². The third-order valence-corrected chi connectivity index (χ3v) is 3.89. The SMILES string of the molecule is CC(C)N(CCCO)C(=O)c1sc(N(C)C)nc1N. The number of carbonyl (C=O) groups is 1. The lowest BCUT2D eigenvalue weighted by Gasteiger charge is -2.26.